The maximum absolute atomic E-state index is 13.3. The van der Waals surface area contributed by atoms with Crippen molar-refractivity contribution in [3.05, 3.63) is 71.9 Å². The van der Waals surface area contributed by atoms with Crippen LogP contribution < -0.4 is 16.5 Å². The lowest BCUT2D eigenvalue weighted by atomic mass is 10.1. The Morgan fingerprint density at radius 2 is 2.11 bits per heavy atom. The molecule has 0 bridgehead atoms. The van der Waals surface area contributed by atoms with Crippen LogP contribution in [0, 0.1) is 5.82 Å². The van der Waals surface area contributed by atoms with Crippen molar-refractivity contribution in [2.45, 2.75) is 31.7 Å². The Hall–Kier alpha value is -3.79. The van der Waals surface area contributed by atoms with Crippen molar-refractivity contribution in [1.82, 2.24) is 25.1 Å². The van der Waals surface area contributed by atoms with Crippen LogP contribution in [0.25, 0.3) is 11.3 Å². The number of nitrogens with one attached hydrogen (secondary N) is 2. The molecule has 4 N–H and O–H groups in total. The van der Waals surface area contributed by atoms with Crippen LogP contribution in [0.2, 0.25) is 0 Å². The van der Waals surface area contributed by atoms with Crippen LogP contribution in [0.15, 0.2) is 55.0 Å². The summed E-state index contributed by atoms with van der Waals surface area (Å²) in [4.78, 5) is 32.5. The van der Waals surface area contributed by atoms with E-state index in [2.05, 4.69) is 20.8 Å². The van der Waals surface area contributed by atoms with Gasteiger partial charge < -0.3 is 21.4 Å². The van der Waals surface area contributed by atoms with Crippen LogP contribution in [-0.4, -0.2) is 63.8 Å². The Balaban J connectivity index is 1.27. The number of benzene rings is 1. The zero-order chi connectivity index (χ0) is 24.6. The van der Waals surface area contributed by atoms with E-state index in [-0.39, 0.29) is 23.7 Å². The van der Waals surface area contributed by atoms with Gasteiger partial charge in [0.25, 0.3) is 5.91 Å². The van der Waals surface area contributed by atoms with Gasteiger partial charge in [0, 0.05) is 43.9 Å². The Morgan fingerprint density at radius 3 is 2.89 bits per heavy atom. The molecule has 184 valence electrons. The topological polar surface area (TPSA) is 118 Å². The Morgan fingerprint density at radius 1 is 1.23 bits per heavy atom. The maximum Gasteiger partial charge on any atom is 0.252 e. The molecule has 0 unspecified atom stereocenters. The second-order valence-corrected chi connectivity index (χ2v) is 8.53. The molecule has 1 atom stereocenters. The van der Waals surface area contributed by atoms with Crippen LogP contribution >= 0.6 is 0 Å². The maximum atomic E-state index is 13.3. The second-order valence-electron chi connectivity index (χ2n) is 8.53. The van der Waals surface area contributed by atoms with Gasteiger partial charge in [-0.05, 0) is 55.6 Å². The highest BCUT2D eigenvalue weighted by molar-refractivity contribution is 5.94. The molecule has 2 aromatic heterocycles. The summed E-state index contributed by atoms with van der Waals surface area (Å²) < 4.78 is 13.3. The minimum atomic E-state index is -0.245. The van der Waals surface area contributed by atoms with E-state index in [0.717, 1.165) is 24.0 Å². The zero-order valence-electron chi connectivity index (χ0n) is 19.5. The molecule has 3 aromatic rings. The third kappa shape index (κ3) is 6.42. The highest BCUT2D eigenvalue weighted by Crippen LogP contribution is 2.19. The SMILES string of the molecule is NCCCN1C(=O)CC[C@@H]1CNC(=O)c1ccc(-c2cnn(NCCc3cccc(F)c3)c2)nc1. The first-order chi connectivity index (χ1) is 17.0. The van der Waals surface area contributed by atoms with Crippen molar-refractivity contribution < 1.29 is 14.0 Å². The molecule has 1 aliphatic rings. The van der Waals surface area contributed by atoms with E-state index < -0.39 is 0 Å². The molecule has 0 spiro atoms. The van der Waals surface area contributed by atoms with Gasteiger partial charge in [-0.1, -0.05) is 12.1 Å². The summed E-state index contributed by atoms with van der Waals surface area (Å²) in [7, 11) is 0. The van der Waals surface area contributed by atoms with Gasteiger partial charge in [-0.2, -0.15) is 9.89 Å². The summed E-state index contributed by atoms with van der Waals surface area (Å²) in [6.45, 7) is 2.16. The van der Waals surface area contributed by atoms with Gasteiger partial charge in [-0.25, -0.2) is 4.39 Å². The second kappa shape index (κ2) is 11.6. The number of pyridine rings is 1. The van der Waals surface area contributed by atoms with Gasteiger partial charge in [-0.15, -0.1) is 0 Å². The molecule has 0 radical (unpaired) electrons. The number of carbonyl (C=O) groups is 2. The summed E-state index contributed by atoms with van der Waals surface area (Å²) in [5.74, 6) is -0.352. The predicted octanol–water partition coefficient (Wildman–Crippen LogP) is 1.94. The molecule has 1 aromatic carbocycles. The number of aromatic nitrogens is 3. The molecule has 35 heavy (non-hydrogen) atoms. The molecule has 1 saturated heterocycles. The fourth-order valence-electron chi connectivity index (χ4n) is 4.13. The summed E-state index contributed by atoms with van der Waals surface area (Å²) in [6, 6.07) is 10.0. The number of likely N-dealkylation sites (tertiary alicyclic amines) is 1. The number of amides is 2. The fourth-order valence-corrected chi connectivity index (χ4v) is 4.13. The highest BCUT2D eigenvalue weighted by atomic mass is 19.1. The lowest BCUT2D eigenvalue weighted by Crippen LogP contribution is -2.42. The molecule has 1 fully saturated rings. The number of halogens is 1. The first kappa shape index (κ1) is 24.3. The molecular weight excluding hydrogens is 449 g/mol. The van der Waals surface area contributed by atoms with Crippen LogP contribution in [0.5, 0.6) is 0 Å². The summed E-state index contributed by atoms with van der Waals surface area (Å²) in [6.07, 6.45) is 7.68. The van der Waals surface area contributed by atoms with Crippen LogP contribution in [0.3, 0.4) is 0 Å². The van der Waals surface area contributed by atoms with Crippen molar-refractivity contribution in [3.63, 3.8) is 0 Å². The highest BCUT2D eigenvalue weighted by Gasteiger charge is 2.30. The number of rotatable bonds is 11. The van der Waals surface area contributed by atoms with Crippen molar-refractivity contribution in [1.29, 1.82) is 0 Å². The minimum absolute atomic E-state index is 0.00415. The largest absolute Gasteiger partial charge is 0.350 e. The van der Waals surface area contributed by atoms with Crippen molar-refractivity contribution >= 4 is 11.8 Å². The lowest BCUT2D eigenvalue weighted by Gasteiger charge is -2.24. The fraction of sp³-hybridized carbons (Fsp3) is 0.360. The zero-order valence-corrected chi connectivity index (χ0v) is 19.5. The van der Waals surface area contributed by atoms with Gasteiger partial charge in [0.15, 0.2) is 0 Å². The average Bonchev–Trinajstić information content (AvgIpc) is 3.48. The molecule has 3 heterocycles. The van der Waals surface area contributed by atoms with E-state index in [1.165, 1.54) is 18.3 Å². The normalized spacial score (nSPS) is 15.4. The average molecular weight is 480 g/mol. The standard InChI is InChI=1S/C25H30FN7O2/c26-21-4-1-3-18(13-21)9-11-30-33-17-20(15-31-33)23-7-5-19(14-28-23)25(35)29-16-22-6-8-24(34)32(22)12-2-10-27/h1,3-5,7,13-15,17,22,30H,2,6,8-12,16,27H2,(H,29,35)/t22-/m1/s1. The Bertz CT molecular complexity index is 1150. The number of nitrogens with two attached hydrogens (primary N) is 1. The van der Waals surface area contributed by atoms with Crippen LogP contribution in [0.4, 0.5) is 4.39 Å². The van der Waals surface area contributed by atoms with Gasteiger partial charge in [0.2, 0.25) is 5.91 Å². The van der Waals surface area contributed by atoms with E-state index in [0.29, 0.717) is 50.3 Å². The van der Waals surface area contributed by atoms with E-state index in [1.807, 2.05) is 11.0 Å². The number of carbonyl (C=O) groups excluding carboxylic acids is 2. The summed E-state index contributed by atoms with van der Waals surface area (Å²) >= 11 is 0. The van der Waals surface area contributed by atoms with E-state index >= 15 is 0 Å². The smallest absolute Gasteiger partial charge is 0.252 e. The number of hydrogen-bond donors (Lipinski definition) is 3. The van der Waals surface area contributed by atoms with Gasteiger partial charge in [-0.3, -0.25) is 14.6 Å². The molecule has 9 nitrogen and oxygen atoms in total. The van der Waals surface area contributed by atoms with Crippen LogP contribution in [0.1, 0.15) is 35.2 Å². The molecular formula is C25H30FN7O2. The molecule has 2 amide bonds. The van der Waals surface area contributed by atoms with Crippen molar-refractivity contribution in [2.24, 2.45) is 5.73 Å². The molecule has 10 heteroatoms. The monoisotopic (exact) mass is 479 g/mol. The third-order valence-electron chi connectivity index (χ3n) is 6.03. The molecule has 1 aliphatic heterocycles. The minimum Gasteiger partial charge on any atom is -0.350 e. The van der Waals surface area contributed by atoms with E-state index in [4.69, 9.17) is 5.73 Å². The molecule has 4 rings (SSSR count). The molecule has 0 aliphatic carbocycles. The van der Waals surface area contributed by atoms with E-state index in [1.54, 1.807) is 35.4 Å². The number of hydrogen-bond acceptors (Lipinski definition) is 6. The third-order valence-corrected chi connectivity index (χ3v) is 6.03. The quantitative estimate of drug-likeness (QED) is 0.387. The van der Waals surface area contributed by atoms with Gasteiger partial charge in [0.05, 0.1) is 23.7 Å². The summed E-state index contributed by atoms with van der Waals surface area (Å²) in [5.41, 5.74) is 11.6. The van der Waals surface area contributed by atoms with Gasteiger partial charge >= 0.3 is 0 Å². The van der Waals surface area contributed by atoms with Crippen molar-refractivity contribution in [3.8, 4) is 11.3 Å². The molecule has 0 saturated carbocycles. The lowest BCUT2D eigenvalue weighted by molar-refractivity contribution is -0.128. The Kier molecular flexibility index (Phi) is 8.04. The summed E-state index contributed by atoms with van der Waals surface area (Å²) in [5, 5.41) is 7.20. The van der Waals surface area contributed by atoms with E-state index in [9.17, 15) is 14.0 Å². The first-order valence-electron chi connectivity index (χ1n) is 11.8. The van der Waals surface area contributed by atoms with Gasteiger partial charge in [0.1, 0.15) is 5.82 Å². The predicted molar refractivity (Wildman–Crippen MR) is 131 cm³/mol. The first-order valence-corrected chi connectivity index (χ1v) is 11.8. The Labute approximate surface area is 203 Å². The van der Waals surface area contributed by atoms with Crippen molar-refractivity contribution in [2.75, 3.05) is 31.6 Å². The van der Waals surface area contributed by atoms with Crippen LogP contribution in [-0.2, 0) is 11.2 Å². The number of nitrogens with zero attached hydrogens (tertiary/aromatic N) is 4.